The summed E-state index contributed by atoms with van der Waals surface area (Å²) in [5, 5.41) is 9.79. The highest BCUT2D eigenvalue weighted by Gasteiger charge is 2.49. The maximum atomic E-state index is 14.0. The van der Waals surface area contributed by atoms with Crippen molar-refractivity contribution < 1.29 is 9.59 Å². The number of fused-ring (bicyclic) bond motifs is 1. The highest BCUT2D eigenvalue weighted by atomic mass is 32.1. The Balaban J connectivity index is 1.57. The quantitative estimate of drug-likeness (QED) is 0.420. The number of nitrogens with one attached hydrogen (secondary N) is 1. The van der Waals surface area contributed by atoms with Gasteiger partial charge in [0.05, 0.1) is 11.4 Å². The first-order chi connectivity index (χ1) is 16.8. The van der Waals surface area contributed by atoms with E-state index in [0.29, 0.717) is 12.2 Å². The lowest BCUT2D eigenvalue weighted by atomic mass is 9.92. The molecule has 0 spiro atoms. The number of anilines is 1. The van der Waals surface area contributed by atoms with Gasteiger partial charge in [-0.1, -0.05) is 48.0 Å². The minimum atomic E-state index is -1.16. The Hall–Kier alpha value is -3.71. The summed E-state index contributed by atoms with van der Waals surface area (Å²) in [5.41, 5.74) is 5.00. The van der Waals surface area contributed by atoms with Crippen LogP contribution in [-0.2, 0) is 17.9 Å². The lowest BCUT2D eigenvalue weighted by Crippen LogP contribution is -2.64. The maximum absolute atomic E-state index is 14.0. The summed E-state index contributed by atoms with van der Waals surface area (Å²) >= 11 is 1.58. The Kier molecular flexibility index (Phi) is 5.81. The van der Waals surface area contributed by atoms with Crippen molar-refractivity contribution in [2.75, 3.05) is 4.90 Å². The Bertz CT molecular complexity index is 1420. The molecule has 35 heavy (non-hydrogen) atoms. The lowest BCUT2D eigenvalue weighted by molar-refractivity contribution is -0.126. The van der Waals surface area contributed by atoms with Gasteiger partial charge in [0.25, 0.3) is 5.91 Å². The molecule has 1 aliphatic heterocycles. The van der Waals surface area contributed by atoms with Gasteiger partial charge in [-0.3, -0.25) is 19.2 Å². The fraction of sp³-hybridized carbons (Fsp3) is 0.250. The molecule has 2 aromatic carbocycles. The molecule has 178 valence electrons. The first-order valence-electron chi connectivity index (χ1n) is 11.6. The van der Waals surface area contributed by atoms with Crippen molar-refractivity contribution >= 4 is 28.8 Å². The zero-order valence-electron chi connectivity index (χ0n) is 20.3. The van der Waals surface area contributed by atoms with Crippen molar-refractivity contribution in [2.45, 2.75) is 46.3 Å². The third-order valence-corrected chi connectivity index (χ3v) is 7.66. The smallest absolute Gasteiger partial charge is 0.277 e. The molecule has 2 aromatic heterocycles. The Morgan fingerprint density at radius 1 is 1.09 bits per heavy atom. The van der Waals surface area contributed by atoms with Crippen molar-refractivity contribution in [1.82, 2.24) is 15.1 Å². The number of carbonyl (C=O) groups is 2. The van der Waals surface area contributed by atoms with Crippen LogP contribution in [0, 0.1) is 20.8 Å². The molecule has 0 saturated heterocycles. The van der Waals surface area contributed by atoms with E-state index in [2.05, 4.69) is 11.4 Å². The number of aromatic nitrogens is 2. The molecule has 3 heterocycles. The highest BCUT2D eigenvalue weighted by molar-refractivity contribution is 7.13. The minimum absolute atomic E-state index is 0.216. The molecule has 1 N–H and O–H groups in total. The molecule has 4 aromatic rings. The predicted molar refractivity (Wildman–Crippen MR) is 140 cm³/mol. The fourth-order valence-corrected chi connectivity index (χ4v) is 5.36. The molecule has 0 unspecified atom stereocenters. The molecule has 2 amide bonds. The summed E-state index contributed by atoms with van der Waals surface area (Å²) in [4.78, 5) is 30.4. The molecule has 0 fully saturated rings. The van der Waals surface area contributed by atoms with Crippen molar-refractivity contribution in [2.24, 2.45) is 0 Å². The van der Waals surface area contributed by atoms with Gasteiger partial charge in [0.15, 0.2) is 0 Å². The van der Waals surface area contributed by atoms with Gasteiger partial charge >= 0.3 is 0 Å². The van der Waals surface area contributed by atoms with Gasteiger partial charge in [-0.15, -0.1) is 11.3 Å². The largest absolute Gasteiger partial charge is 0.350 e. The van der Waals surface area contributed by atoms with E-state index in [-0.39, 0.29) is 18.4 Å². The van der Waals surface area contributed by atoms with Crippen molar-refractivity contribution in [3.63, 3.8) is 0 Å². The third kappa shape index (κ3) is 4.06. The van der Waals surface area contributed by atoms with Crippen LogP contribution in [0.25, 0.3) is 10.6 Å². The maximum Gasteiger partial charge on any atom is 0.277 e. The van der Waals surface area contributed by atoms with Gasteiger partial charge < -0.3 is 5.32 Å². The minimum Gasteiger partial charge on any atom is -0.350 e. The van der Waals surface area contributed by atoms with E-state index < -0.39 is 5.54 Å². The Labute approximate surface area is 209 Å². The zero-order chi connectivity index (χ0) is 24.7. The molecular weight excluding hydrogens is 456 g/mol. The normalized spacial score (nSPS) is 17.4. The van der Waals surface area contributed by atoms with Crippen LogP contribution < -0.4 is 10.2 Å². The summed E-state index contributed by atoms with van der Waals surface area (Å²) < 4.78 is 1.69. The fourth-order valence-electron chi connectivity index (χ4n) is 4.68. The van der Waals surface area contributed by atoms with E-state index >= 15 is 0 Å². The van der Waals surface area contributed by atoms with E-state index in [4.69, 9.17) is 5.10 Å². The van der Waals surface area contributed by atoms with Crippen LogP contribution in [0.1, 0.15) is 39.7 Å². The average Bonchev–Trinajstić information content (AvgIpc) is 3.50. The monoisotopic (exact) mass is 484 g/mol. The third-order valence-electron chi connectivity index (χ3n) is 6.77. The highest BCUT2D eigenvalue weighted by Crippen LogP contribution is 2.37. The number of carbonyl (C=O) groups excluding carboxylic acids is 2. The molecular formula is C28H28N4O2S. The van der Waals surface area contributed by atoms with Gasteiger partial charge in [0.2, 0.25) is 5.91 Å². The second kappa shape index (κ2) is 8.82. The van der Waals surface area contributed by atoms with Gasteiger partial charge in [-0.2, -0.15) is 5.10 Å². The van der Waals surface area contributed by atoms with Crippen molar-refractivity contribution in [1.29, 1.82) is 0 Å². The molecule has 0 radical (unpaired) electrons. The van der Waals surface area contributed by atoms with Crippen LogP contribution >= 0.6 is 11.3 Å². The standard InChI is InChI=1S/C28H28N4O2S/c1-18-8-5-10-21(14-18)16-29-27(34)28(4)17-31-24(15-22(30-31)25-12-7-13-35-25)26(33)32(28)23-11-6-9-19(2)20(23)3/h5-15H,16-17H2,1-4H3,(H,29,34)/t28-/m0/s1. The first kappa shape index (κ1) is 23.1. The Morgan fingerprint density at radius 3 is 2.63 bits per heavy atom. The van der Waals surface area contributed by atoms with Crippen molar-refractivity contribution in [3.05, 3.63) is 94.0 Å². The first-order valence-corrected chi connectivity index (χ1v) is 12.5. The summed E-state index contributed by atoms with van der Waals surface area (Å²) in [6.45, 7) is 8.50. The Morgan fingerprint density at radius 2 is 1.89 bits per heavy atom. The summed E-state index contributed by atoms with van der Waals surface area (Å²) in [6, 6.07) is 19.7. The van der Waals surface area contributed by atoms with Crippen LogP contribution in [0.15, 0.2) is 66.0 Å². The van der Waals surface area contributed by atoms with Gasteiger partial charge in [0, 0.05) is 12.2 Å². The van der Waals surface area contributed by atoms with Crippen LogP contribution in [0.5, 0.6) is 0 Å². The van der Waals surface area contributed by atoms with Crippen LogP contribution in [-0.4, -0.2) is 27.1 Å². The number of hydrogen-bond donors (Lipinski definition) is 1. The van der Waals surface area contributed by atoms with Gasteiger partial charge in [0.1, 0.15) is 16.9 Å². The molecule has 0 aliphatic carbocycles. The van der Waals surface area contributed by atoms with Gasteiger partial charge in [-0.05, 0) is 68.0 Å². The molecule has 1 atom stereocenters. The number of amides is 2. The molecule has 6 nitrogen and oxygen atoms in total. The molecule has 0 bridgehead atoms. The van der Waals surface area contributed by atoms with E-state index in [1.54, 1.807) is 20.9 Å². The number of aryl methyl sites for hydroxylation is 2. The number of hydrogen-bond acceptors (Lipinski definition) is 4. The van der Waals surface area contributed by atoms with E-state index in [1.807, 2.05) is 87.7 Å². The molecule has 5 rings (SSSR count). The number of benzene rings is 2. The number of rotatable bonds is 5. The van der Waals surface area contributed by atoms with Gasteiger partial charge in [-0.25, -0.2) is 0 Å². The van der Waals surface area contributed by atoms with E-state index in [1.165, 1.54) is 0 Å². The summed E-state index contributed by atoms with van der Waals surface area (Å²) in [5.74, 6) is -0.444. The zero-order valence-corrected chi connectivity index (χ0v) is 21.1. The molecule has 7 heteroatoms. The van der Waals surface area contributed by atoms with Crippen LogP contribution in [0.3, 0.4) is 0 Å². The summed E-state index contributed by atoms with van der Waals surface area (Å²) in [7, 11) is 0. The summed E-state index contributed by atoms with van der Waals surface area (Å²) in [6.07, 6.45) is 0. The second-order valence-electron chi connectivity index (χ2n) is 9.35. The molecule has 0 saturated carbocycles. The number of thiophene rings is 1. The number of nitrogens with zero attached hydrogens (tertiary/aromatic N) is 3. The van der Waals surface area contributed by atoms with E-state index in [9.17, 15) is 9.59 Å². The second-order valence-corrected chi connectivity index (χ2v) is 10.3. The average molecular weight is 485 g/mol. The topological polar surface area (TPSA) is 67.2 Å². The van der Waals surface area contributed by atoms with Crippen molar-refractivity contribution in [3.8, 4) is 10.6 Å². The lowest BCUT2D eigenvalue weighted by Gasteiger charge is -2.43. The predicted octanol–water partition coefficient (Wildman–Crippen LogP) is 5.27. The SMILES string of the molecule is Cc1cccc(CNC(=O)[C@]2(C)Cn3nc(-c4cccs4)cc3C(=O)N2c2cccc(C)c2C)c1. The molecule has 1 aliphatic rings. The van der Waals surface area contributed by atoms with E-state index in [0.717, 1.165) is 38.5 Å². The van der Waals surface area contributed by atoms with Crippen LogP contribution in [0.4, 0.5) is 5.69 Å². The van der Waals surface area contributed by atoms with Crippen LogP contribution in [0.2, 0.25) is 0 Å².